The molecule has 1 aromatic heterocycles. The number of carboxylic acids is 1. The van der Waals surface area contributed by atoms with Crippen molar-refractivity contribution in [1.29, 1.82) is 0 Å². The predicted octanol–water partition coefficient (Wildman–Crippen LogP) is 7.07. The third-order valence-electron chi connectivity index (χ3n) is 8.89. The van der Waals surface area contributed by atoms with Gasteiger partial charge in [-0.1, -0.05) is 22.8 Å². The van der Waals surface area contributed by atoms with Crippen molar-refractivity contribution in [2.75, 3.05) is 4.90 Å². The van der Waals surface area contributed by atoms with Crippen molar-refractivity contribution in [1.82, 2.24) is 25.5 Å². The molecule has 0 amide bonds. The van der Waals surface area contributed by atoms with Crippen LogP contribution in [-0.2, 0) is 30.7 Å². The molecule has 2 atom stereocenters. The van der Waals surface area contributed by atoms with Crippen molar-refractivity contribution < 1.29 is 36.2 Å². The lowest BCUT2D eigenvalue weighted by molar-refractivity contribution is -0.144. The topological polar surface area (TPSA) is 96.2 Å². The van der Waals surface area contributed by atoms with E-state index in [4.69, 9.17) is 0 Å². The minimum atomic E-state index is -4.97. The van der Waals surface area contributed by atoms with Crippen LogP contribution in [0.5, 0.6) is 0 Å². The molecule has 2 aliphatic carbocycles. The maximum absolute atomic E-state index is 13.7. The monoisotopic (exact) mass is 638 g/mol. The number of benzene rings is 2. The summed E-state index contributed by atoms with van der Waals surface area (Å²) < 4.78 is 82.4. The standard InChI is InChI=1S/C31H36F6N6O2/c1-17-11-18(2)27-24(12-17)26(6-4-5-25(27)38-23-9-7-20(8-10-23)28(44)45)43(29-39-41-42(3)40-29)16-19-13-21(30(32,33)34)15-22(14-19)31(35,36)37/h11-15,20,23,25-26,38H,4-10,16H2,1-3H3,(H,44,45)/t20?,23?,25?,26-/m0/s1. The van der Waals surface area contributed by atoms with E-state index in [1.807, 2.05) is 19.9 Å². The van der Waals surface area contributed by atoms with Gasteiger partial charge in [0.15, 0.2) is 0 Å². The van der Waals surface area contributed by atoms with Crippen molar-refractivity contribution in [3.63, 3.8) is 0 Å². The van der Waals surface area contributed by atoms with Gasteiger partial charge < -0.3 is 15.3 Å². The molecule has 1 saturated carbocycles. The quantitative estimate of drug-likeness (QED) is 0.211. The molecule has 0 spiro atoms. The van der Waals surface area contributed by atoms with Crippen LogP contribution in [0.4, 0.5) is 32.3 Å². The number of carboxylic acid groups (broad SMARTS) is 1. The van der Waals surface area contributed by atoms with Crippen LogP contribution in [0.3, 0.4) is 0 Å². The summed E-state index contributed by atoms with van der Waals surface area (Å²) in [5.41, 5.74) is 0.964. The SMILES string of the molecule is Cc1cc(C)c2c(c1)[C@@H](N(Cc1cc(C(F)(F)F)cc(C(F)(F)F)c1)c1nnn(C)n1)CCCC2NC1CCC(C(=O)O)CC1. The first-order valence-electron chi connectivity index (χ1n) is 15.0. The average Bonchev–Trinajstić information content (AvgIpc) is 3.30. The van der Waals surface area contributed by atoms with E-state index < -0.39 is 35.5 Å². The number of hydrogen-bond donors (Lipinski definition) is 2. The molecule has 1 unspecified atom stereocenters. The molecule has 45 heavy (non-hydrogen) atoms. The van der Waals surface area contributed by atoms with Crippen LogP contribution in [0.25, 0.3) is 0 Å². The zero-order valence-electron chi connectivity index (χ0n) is 25.2. The summed E-state index contributed by atoms with van der Waals surface area (Å²) in [6, 6.07) is 5.28. The van der Waals surface area contributed by atoms with Crippen LogP contribution in [0, 0.1) is 19.8 Å². The number of rotatable bonds is 7. The number of halogens is 6. The molecule has 0 radical (unpaired) electrons. The number of nitrogens with one attached hydrogen (secondary N) is 1. The van der Waals surface area contributed by atoms with Crippen molar-refractivity contribution in [3.8, 4) is 0 Å². The number of nitrogens with zero attached hydrogens (tertiary/aromatic N) is 5. The van der Waals surface area contributed by atoms with Gasteiger partial charge in [-0.05, 0) is 104 Å². The normalized spacial score (nSPS) is 22.5. The lowest BCUT2D eigenvalue weighted by Crippen LogP contribution is -2.38. The highest BCUT2D eigenvalue weighted by molar-refractivity contribution is 5.70. The van der Waals surface area contributed by atoms with Gasteiger partial charge in [-0.2, -0.15) is 31.1 Å². The Balaban J connectivity index is 1.55. The molecule has 244 valence electrons. The van der Waals surface area contributed by atoms with E-state index in [0.29, 0.717) is 25.7 Å². The number of tetrazole rings is 1. The van der Waals surface area contributed by atoms with Crippen LogP contribution in [0.1, 0.15) is 96.0 Å². The Kier molecular flexibility index (Phi) is 9.16. The number of alkyl halides is 6. The van der Waals surface area contributed by atoms with Gasteiger partial charge in [-0.3, -0.25) is 4.79 Å². The molecular formula is C31H36F6N6O2. The maximum Gasteiger partial charge on any atom is 0.416 e. The third kappa shape index (κ3) is 7.42. The van der Waals surface area contributed by atoms with Crippen LogP contribution < -0.4 is 10.2 Å². The molecular weight excluding hydrogens is 602 g/mol. The van der Waals surface area contributed by atoms with Crippen LogP contribution in [0.15, 0.2) is 30.3 Å². The van der Waals surface area contributed by atoms with E-state index in [9.17, 15) is 36.2 Å². The summed E-state index contributed by atoms with van der Waals surface area (Å²) in [4.78, 5) is 14.3. The highest BCUT2D eigenvalue weighted by Gasteiger charge is 2.38. The number of aromatic nitrogens is 4. The van der Waals surface area contributed by atoms with Gasteiger partial charge in [-0.25, -0.2) is 0 Å². The molecule has 1 fully saturated rings. The molecule has 2 aliphatic rings. The number of aryl methyl sites for hydroxylation is 3. The first kappa shape index (κ1) is 32.7. The molecule has 5 rings (SSSR count). The zero-order chi connectivity index (χ0) is 32.7. The van der Waals surface area contributed by atoms with E-state index in [2.05, 4.69) is 26.8 Å². The second-order valence-corrected chi connectivity index (χ2v) is 12.3. The summed E-state index contributed by atoms with van der Waals surface area (Å²) >= 11 is 0. The molecule has 3 aromatic rings. The van der Waals surface area contributed by atoms with Gasteiger partial charge in [-0.15, -0.1) is 5.10 Å². The van der Waals surface area contributed by atoms with Crippen LogP contribution in [-0.4, -0.2) is 37.3 Å². The Morgan fingerprint density at radius 2 is 1.60 bits per heavy atom. The minimum Gasteiger partial charge on any atom is -0.481 e. The average molecular weight is 639 g/mol. The number of carbonyl (C=O) groups is 1. The Labute approximate surface area is 256 Å². The van der Waals surface area contributed by atoms with E-state index in [1.54, 1.807) is 4.90 Å². The maximum atomic E-state index is 13.7. The van der Waals surface area contributed by atoms with E-state index in [1.165, 1.54) is 11.8 Å². The molecule has 8 nitrogen and oxygen atoms in total. The molecule has 0 saturated heterocycles. The highest BCUT2D eigenvalue weighted by atomic mass is 19.4. The second kappa shape index (κ2) is 12.6. The Morgan fingerprint density at radius 1 is 0.956 bits per heavy atom. The highest BCUT2D eigenvalue weighted by Crippen LogP contribution is 2.43. The third-order valence-corrected chi connectivity index (χ3v) is 8.89. The Bertz CT molecular complexity index is 1500. The van der Waals surface area contributed by atoms with E-state index in [-0.39, 0.29) is 42.1 Å². The number of hydrogen-bond acceptors (Lipinski definition) is 6. The molecule has 2 aromatic carbocycles. The van der Waals surface area contributed by atoms with E-state index in [0.717, 1.165) is 53.6 Å². The largest absolute Gasteiger partial charge is 0.481 e. The van der Waals surface area contributed by atoms with Crippen molar-refractivity contribution in [2.24, 2.45) is 13.0 Å². The van der Waals surface area contributed by atoms with Crippen molar-refractivity contribution in [2.45, 2.75) is 95.8 Å². The summed E-state index contributed by atoms with van der Waals surface area (Å²) in [6.45, 7) is 3.63. The second-order valence-electron chi connectivity index (χ2n) is 12.3. The molecule has 2 N–H and O–H groups in total. The van der Waals surface area contributed by atoms with Crippen molar-refractivity contribution >= 4 is 11.9 Å². The van der Waals surface area contributed by atoms with E-state index >= 15 is 0 Å². The first-order valence-corrected chi connectivity index (χ1v) is 15.0. The summed E-state index contributed by atoms with van der Waals surface area (Å²) in [5.74, 6) is -1.03. The van der Waals surface area contributed by atoms with Gasteiger partial charge in [0.2, 0.25) is 0 Å². The summed E-state index contributed by atoms with van der Waals surface area (Å²) in [5, 5.41) is 25.5. The van der Waals surface area contributed by atoms with Gasteiger partial charge in [0.1, 0.15) is 0 Å². The molecule has 0 bridgehead atoms. The van der Waals surface area contributed by atoms with Gasteiger partial charge in [0, 0.05) is 18.6 Å². The lowest BCUT2D eigenvalue weighted by Gasteiger charge is -2.34. The first-order chi connectivity index (χ1) is 21.1. The number of fused-ring (bicyclic) bond motifs is 1. The minimum absolute atomic E-state index is 0.0703. The summed E-state index contributed by atoms with van der Waals surface area (Å²) in [7, 11) is 1.54. The van der Waals surface area contributed by atoms with Crippen LogP contribution in [0.2, 0.25) is 0 Å². The fourth-order valence-corrected chi connectivity index (χ4v) is 6.88. The van der Waals surface area contributed by atoms with Crippen molar-refractivity contribution in [3.05, 3.63) is 69.3 Å². The molecule has 1 heterocycles. The Hall–Kier alpha value is -3.68. The van der Waals surface area contributed by atoms with Crippen LogP contribution >= 0.6 is 0 Å². The molecule has 0 aliphatic heterocycles. The Morgan fingerprint density at radius 3 is 2.16 bits per heavy atom. The zero-order valence-corrected chi connectivity index (χ0v) is 25.2. The summed E-state index contributed by atoms with van der Waals surface area (Å²) in [6.07, 6.45) is -5.33. The predicted molar refractivity (Wildman–Crippen MR) is 153 cm³/mol. The number of anilines is 1. The number of aliphatic carboxylic acids is 1. The smallest absolute Gasteiger partial charge is 0.416 e. The molecule has 14 heteroatoms. The van der Waals surface area contributed by atoms with Gasteiger partial charge in [0.05, 0.1) is 30.1 Å². The fraction of sp³-hybridized carbons (Fsp3) is 0.548. The fourth-order valence-electron chi connectivity index (χ4n) is 6.88. The van der Waals surface area contributed by atoms with Gasteiger partial charge in [0.25, 0.3) is 5.95 Å². The lowest BCUT2D eigenvalue weighted by atomic mass is 9.84. The van der Waals surface area contributed by atoms with Gasteiger partial charge >= 0.3 is 18.3 Å².